The molecule has 0 amide bonds. The molecule has 0 bridgehead atoms. The Kier molecular flexibility index (Phi) is 3.54. The number of rotatable bonds is 4. The Hall–Kier alpha value is -1.99. The van der Waals surface area contributed by atoms with E-state index < -0.39 is 10.0 Å². The van der Waals surface area contributed by atoms with E-state index >= 15 is 0 Å². The molecule has 0 spiro atoms. The van der Waals surface area contributed by atoms with Crippen LogP contribution in [0.2, 0.25) is 0 Å². The summed E-state index contributed by atoms with van der Waals surface area (Å²) in [7, 11) is -3.61. The van der Waals surface area contributed by atoms with Gasteiger partial charge in [0.2, 0.25) is 16.0 Å². The van der Waals surface area contributed by atoms with Crippen molar-refractivity contribution in [3.05, 3.63) is 48.3 Å². The summed E-state index contributed by atoms with van der Waals surface area (Å²) in [4.78, 5) is 7.29. The fourth-order valence-corrected chi connectivity index (χ4v) is 2.23. The van der Waals surface area contributed by atoms with Crippen molar-refractivity contribution in [2.45, 2.75) is 11.4 Å². The zero-order valence-electron chi connectivity index (χ0n) is 9.45. The maximum Gasteiger partial charge on any atom is 0.243 e. The SMILES string of the molecule is Nc1ncc(S(=O)(=O)NCc2ccccc2)cn1. The molecule has 0 radical (unpaired) electrons. The molecule has 0 aliphatic rings. The zero-order chi connectivity index (χ0) is 13.0. The fourth-order valence-electron chi connectivity index (χ4n) is 1.32. The lowest BCUT2D eigenvalue weighted by Gasteiger charge is -2.06. The minimum Gasteiger partial charge on any atom is -0.368 e. The van der Waals surface area contributed by atoms with Crippen LogP contribution in [0.25, 0.3) is 0 Å². The third kappa shape index (κ3) is 3.02. The van der Waals surface area contributed by atoms with Crippen LogP contribution in [0.15, 0.2) is 47.6 Å². The third-order valence-electron chi connectivity index (χ3n) is 2.27. The second kappa shape index (κ2) is 5.11. The number of hydrogen-bond acceptors (Lipinski definition) is 5. The van der Waals surface area contributed by atoms with Gasteiger partial charge in [0.25, 0.3) is 0 Å². The molecule has 1 aromatic heterocycles. The molecule has 0 saturated heterocycles. The number of hydrogen-bond donors (Lipinski definition) is 2. The molecule has 2 rings (SSSR count). The molecule has 6 nitrogen and oxygen atoms in total. The molecule has 18 heavy (non-hydrogen) atoms. The van der Waals surface area contributed by atoms with Gasteiger partial charge in [-0.3, -0.25) is 0 Å². The molecule has 1 aromatic carbocycles. The van der Waals surface area contributed by atoms with Gasteiger partial charge in [0.05, 0.1) is 12.4 Å². The molecule has 2 aromatic rings. The first-order valence-corrected chi connectivity index (χ1v) is 6.67. The number of nitrogen functional groups attached to an aromatic ring is 1. The molecule has 0 fully saturated rings. The Labute approximate surface area is 105 Å². The number of sulfonamides is 1. The third-order valence-corrected chi connectivity index (χ3v) is 3.62. The van der Waals surface area contributed by atoms with Crippen molar-refractivity contribution >= 4 is 16.0 Å². The summed E-state index contributed by atoms with van der Waals surface area (Å²) in [6.45, 7) is 0.216. The van der Waals surface area contributed by atoms with Crippen molar-refractivity contribution < 1.29 is 8.42 Å². The lowest BCUT2D eigenvalue weighted by atomic mass is 10.2. The van der Waals surface area contributed by atoms with E-state index in [9.17, 15) is 8.42 Å². The molecule has 0 unspecified atom stereocenters. The van der Waals surface area contributed by atoms with Crippen LogP contribution in [0.5, 0.6) is 0 Å². The average Bonchev–Trinajstić information content (AvgIpc) is 2.38. The van der Waals surface area contributed by atoms with Gasteiger partial charge in [-0.2, -0.15) is 0 Å². The molecule has 0 saturated carbocycles. The normalized spacial score (nSPS) is 11.3. The van der Waals surface area contributed by atoms with Crippen molar-refractivity contribution in [1.82, 2.24) is 14.7 Å². The minimum absolute atomic E-state index is 0.00682. The van der Waals surface area contributed by atoms with Crippen LogP contribution in [0, 0.1) is 0 Å². The van der Waals surface area contributed by atoms with Gasteiger partial charge in [0.1, 0.15) is 4.90 Å². The van der Waals surface area contributed by atoms with Crippen molar-refractivity contribution in [2.24, 2.45) is 0 Å². The summed E-state index contributed by atoms with van der Waals surface area (Å²) in [6.07, 6.45) is 2.35. The molecule has 7 heteroatoms. The van der Waals surface area contributed by atoms with E-state index in [1.54, 1.807) is 0 Å². The van der Waals surface area contributed by atoms with Crippen LogP contribution >= 0.6 is 0 Å². The van der Waals surface area contributed by atoms with E-state index in [4.69, 9.17) is 5.73 Å². The van der Waals surface area contributed by atoms with Gasteiger partial charge >= 0.3 is 0 Å². The van der Waals surface area contributed by atoms with Crippen molar-refractivity contribution in [2.75, 3.05) is 5.73 Å². The van der Waals surface area contributed by atoms with Crippen LogP contribution in [-0.2, 0) is 16.6 Å². The first kappa shape index (κ1) is 12.5. The highest BCUT2D eigenvalue weighted by molar-refractivity contribution is 7.89. The number of nitrogens with one attached hydrogen (secondary N) is 1. The zero-order valence-corrected chi connectivity index (χ0v) is 10.3. The van der Waals surface area contributed by atoms with Crippen LogP contribution in [0.1, 0.15) is 5.56 Å². The van der Waals surface area contributed by atoms with E-state index in [1.165, 1.54) is 12.4 Å². The van der Waals surface area contributed by atoms with Crippen LogP contribution in [-0.4, -0.2) is 18.4 Å². The quantitative estimate of drug-likeness (QED) is 0.839. The molecule has 1 heterocycles. The molecular weight excluding hydrogens is 252 g/mol. The average molecular weight is 264 g/mol. The van der Waals surface area contributed by atoms with Crippen molar-refractivity contribution in [1.29, 1.82) is 0 Å². The number of anilines is 1. The predicted octanol–water partition coefficient (Wildman–Crippen LogP) is 0.537. The summed E-state index contributed by atoms with van der Waals surface area (Å²) in [5.74, 6) is 0.0389. The Morgan fingerprint density at radius 2 is 1.72 bits per heavy atom. The highest BCUT2D eigenvalue weighted by Crippen LogP contribution is 2.07. The van der Waals surface area contributed by atoms with Gasteiger partial charge in [0, 0.05) is 6.54 Å². The second-order valence-corrected chi connectivity index (χ2v) is 5.35. The number of aromatic nitrogens is 2. The monoisotopic (exact) mass is 264 g/mol. The maximum absolute atomic E-state index is 11.9. The molecule has 0 aliphatic carbocycles. The van der Waals surface area contributed by atoms with Crippen LogP contribution in [0.4, 0.5) is 5.95 Å². The highest BCUT2D eigenvalue weighted by atomic mass is 32.2. The van der Waals surface area contributed by atoms with E-state index in [2.05, 4.69) is 14.7 Å². The summed E-state index contributed by atoms with van der Waals surface area (Å²) in [6, 6.07) is 9.22. The summed E-state index contributed by atoms with van der Waals surface area (Å²) in [5.41, 5.74) is 6.17. The second-order valence-electron chi connectivity index (χ2n) is 3.59. The maximum atomic E-state index is 11.9. The van der Waals surface area contributed by atoms with Crippen LogP contribution < -0.4 is 10.5 Å². The molecule has 0 aliphatic heterocycles. The first-order chi connectivity index (χ1) is 8.58. The Morgan fingerprint density at radius 1 is 1.11 bits per heavy atom. The Morgan fingerprint density at radius 3 is 2.33 bits per heavy atom. The minimum atomic E-state index is -3.61. The predicted molar refractivity (Wildman–Crippen MR) is 66.9 cm³/mol. The summed E-state index contributed by atoms with van der Waals surface area (Å²) in [5, 5.41) is 0. The number of benzene rings is 1. The molecule has 0 atom stereocenters. The van der Waals surface area contributed by atoms with Gasteiger partial charge < -0.3 is 5.73 Å². The van der Waals surface area contributed by atoms with E-state index in [0.29, 0.717) is 0 Å². The van der Waals surface area contributed by atoms with E-state index in [1.807, 2.05) is 30.3 Å². The highest BCUT2D eigenvalue weighted by Gasteiger charge is 2.14. The molecule has 94 valence electrons. The lowest BCUT2D eigenvalue weighted by molar-refractivity contribution is 0.580. The fraction of sp³-hybridized carbons (Fsp3) is 0.0909. The lowest BCUT2D eigenvalue weighted by Crippen LogP contribution is -2.23. The van der Waals surface area contributed by atoms with Crippen molar-refractivity contribution in [3.63, 3.8) is 0 Å². The van der Waals surface area contributed by atoms with Crippen molar-refractivity contribution in [3.8, 4) is 0 Å². The summed E-state index contributed by atoms with van der Waals surface area (Å²) < 4.78 is 26.2. The Bertz CT molecular complexity index is 611. The smallest absolute Gasteiger partial charge is 0.243 e. The topological polar surface area (TPSA) is 98.0 Å². The molecular formula is C11H12N4O2S. The van der Waals surface area contributed by atoms with Gasteiger partial charge in [-0.1, -0.05) is 30.3 Å². The van der Waals surface area contributed by atoms with Gasteiger partial charge in [-0.25, -0.2) is 23.1 Å². The molecule has 3 N–H and O–H groups in total. The largest absolute Gasteiger partial charge is 0.368 e. The standard InChI is InChI=1S/C11H12N4O2S/c12-11-13-7-10(8-14-11)18(16,17)15-6-9-4-2-1-3-5-9/h1-5,7-8,15H,6H2,(H2,12,13,14). The first-order valence-electron chi connectivity index (χ1n) is 5.19. The van der Waals surface area contributed by atoms with Gasteiger partial charge in [-0.15, -0.1) is 0 Å². The van der Waals surface area contributed by atoms with E-state index in [-0.39, 0.29) is 17.4 Å². The number of nitrogens with zero attached hydrogens (tertiary/aromatic N) is 2. The van der Waals surface area contributed by atoms with Crippen LogP contribution in [0.3, 0.4) is 0 Å². The van der Waals surface area contributed by atoms with Gasteiger partial charge in [0.15, 0.2) is 0 Å². The Balaban J connectivity index is 2.11. The van der Waals surface area contributed by atoms with Gasteiger partial charge in [-0.05, 0) is 5.56 Å². The number of nitrogens with two attached hydrogens (primary N) is 1. The summed E-state index contributed by atoms with van der Waals surface area (Å²) >= 11 is 0. The van der Waals surface area contributed by atoms with E-state index in [0.717, 1.165) is 5.56 Å².